The number of aromatic nitrogens is 2. The van der Waals surface area contributed by atoms with Gasteiger partial charge in [0.25, 0.3) is 5.56 Å². The largest absolute Gasteiger partial charge is 0.367 e. The Kier molecular flexibility index (Phi) is 2.78. The molecule has 1 aliphatic rings. The standard InChI is InChI=1S/C9H14N4O/c14-9-5-8(11-6-12-9)13-7-1-3-10-4-2-7/h5-7,10H,1-4H2,(H2,11,12,13,14). The summed E-state index contributed by atoms with van der Waals surface area (Å²) in [6.07, 6.45) is 3.58. The molecule has 0 unspecified atom stereocenters. The zero-order valence-electron chi connectivity index (χ0n) is 7.92. The molecule has 0 atom stereocenters. The maximum absolute atomic E-state index is 11.0. The first-order valence-electron chi connectivity index (χ1n) is 4.86. The summed E-state index contributed by atoms with van der Waals surface area (Å²) in [7, 11) is 0. The molecule has 1 saturated heterocycles. The lowest BCUT2D eigenvalue weighted by Gasteiger charge is -2.23. The van der Waals surface area contributed by atoms with Crippen LogP contribution in [0.15, 0.2) is 17.2 Å². The fourth-order valence-corrected chi connectivity index (χ4v) is 1.62. The second-order valence-electron chi connectivity index (χ2n) is 3.46. The van der Waals surface area contributed by atoms with Crippen LogP contribution in [0.25, 0.3) is 0 Å². The molecule has 0 radical (unpaired) electrons. The summed E-state index contributed by atoms with van der Waals surface area (Å²) < 4.78 is 0. The second kappa shape index (κ2) is 4.23. The molecular weight excluding hydrogens is 180 g/mol. The predicted octanol–water partition coefficient (Wildman–Crippen LogP) is -0.0662. The molecule has 0 bridgehead atoms. The first-order chi connectivity index (χ1) is 6.84. The van der Waals surface area contributed by atoms with Gasteiger partial charge >= 0.3 is 0 Å². The zero-order valence-corrected chi connectivity index (χ0v) is 7.92. The molecule has 0 amide bonds. The van der Waals surface area contributed by atoms with Crippen molar-refractivity contribution in [2.45, 2.75) is 18.9 Å². The summed E-state index contributed by atoms with van der Waals surface area (Å²) >= 11 is 0. The number of H-pyrrole nitrogens is 1. The van der Waals surface area contributed by atoms with Crippen LogP contribution in [-0.4, -0.2) is 29.1 Å². The Bertz CT molecular complexity index is 343. The van der Waals surface area contributed by atoms with Crippen molar-refractivity contribution in [2.75, 3.05) is 18.4 Å². The molecule has 1 fully saturated rings. The lowest BCUT2D eigenvalue weighted by molar-refractivity contribution is 0.478. The van der Waals surface area contributed by atoms with Crippen LogP contribution in [0.3, 0.4) is 0 Å². The summed E-state index contributed by atoms with van der Waals surface area (Å²) in [4.78, 5) is 17.5. The SMILES string of the molecule is O=c1cc(NC2CCNCC2)nc[nH]1. The van der Waals surface area contributed by atoms with Gasteiger partial charge in [-0.3, -0.25) is 4.79 Å². The van der Waals surface area contributed by atoms with Gasteiger partial charge in [0.15, 0.2) is 0 Å². The molecule has 1 aromatic heterocycles. The molecule has 76 valence electrons. The molecule has 3 N–H and O–H groups in total. The number of nitrogens with one attached hydrogen (secondary N) is 3. The molecule has 5 heteroatoms. The molecule has 2 heterocycles. The van der Waals surface area contributed by atoms with E-state index in [4.69, 9.17) is 0 Å². The average molecular weight is 194 g/mol. The van der Waals surface area contributed by atoms with Gasteiger partial charge in [0, 0.05) is 12.1 Å². The number of aromatic amines is 1. The molecule has 14 heavy (non-hydrogen) atoms. The van der Waals surface area contributed by atoms with Crippen LogP contribution in [0.4, 0.5) is 5.82 Å². The zero-order chi connectivity index (χ0) is 9.80. The average Bonchev–Trinajstić information content (AvgIpc) is 2.19. The molecule has 0 saturated carbocycles. The summed E-state index contributed by atoms with van der Waals surface area (Å²) in [5, 5.41) is 6.53. The van der Waals surface area contributed by atoms with E-state index < -0.39 is 0 Å². The van der Waals surface area contributed by atoms with Gasteiger partial charge in [-0.05, 0) is 25.9 Å². The maximum atomic E-state index is 11.0. The van der Waals surface area contributed by atoms with Crippen molar-refractivity contribution in [1.82, 2.24) is 15.3 Å². The number of hydrogen-bond acceptors (Lipinski definition) is 4. The number of nitrogens with zero attached hydrogens (tertiary/aromatic N) is 1. The Balaban J connectivity index is 1.99. The van der Waals surface area contributed by atoms with Gasteiger partial charge in [0.1, 0.15) is 5.82 Å². The van der Waals surface area contributed by atoms with Crippen molar-refractivity contribution in [3.8, 4) is 0 Å². The fraction of sp³-hybridized carbons (Fsp3) is 0.556. The van der Waals surface area contributed by atoms with E-state index >= 15 is 0 Å². The minimum absolute atomic E-state index is 0.114. The van der Waals surface area contributed by atoms with Gasteiger partial charge in [-0.1, -0.05) is 0 Å². The Morgan fingerprint density at radius 1 is 1.43 bits per heavy atom. The quantitative estimate of drug-likeness (QED) is 0.616. The maximum Gasteiger partial charge on any atom is 0.252 e. The van der Waals surface area contributed by atoms with Crippen molar-refractivity contribution in [2.24, 2.45) is 0 Å². The first kappa shape index (κ1) is 9.21. The van der Waals surface area contributed by atoms with Gasteiger partial charge in [0.2, 0.25) is 0 Å². The van der Waals surface area contributed by atoms with Crippen LogP contribution in [0.2, 0.25) is 0 Å². The molecular formula is C9H14N4O. The lowest BCUT2D eigenvalue weighted by atomic mass is 10.1. The van der Waals surface area contributed by atoms with Crippen LogP contribution < -0.4 is 16.2 Å². The van der Waals surface area contributed by atoms with Gasteiger partial charge in [-0.15, -0.1) is 0 Å². The summed E-state index contributed by atoms with van der Waals surface area (Å²) in [6.45, 7) is 2.06. The highest BCUT2D eigenvalue weighted by molar-refractivity contribution is 5.33. The van der Waals surface area contributed by atoms with Crippen LogP contribution in [0.1, 0.15) is 12.8 Å². The highest BCUT2D eigenvalue weighted by Crippen LogP contribution is 2.08. The third-order valence-corrected chi connectivity index (χ3v) is 2.37. The molecule has 0 aromatic carbocycles. The van der Waals surface area contributed by atoms with Crippen LogP contribution in [0, 0.1) is 0 Å². The molecule has 5 nitrogen and oxygen atoms in total. The van der Waals surface area contributed by atoms with Crippen molar-refractivity contribution < 1.29 is 0 Å². The number of hydrogen-bond donors (Lipinski definition) is 3. The monoisotopic (exact) mass is 194 g/mol. The normalized spacial score (nSPS) is 18.0. The van der Waals surface area contributed by atoms with Crippen molar-refractivity contribution in [1.29, 1.82) is 0 Å². The Morgan fingerprint density at radius 2 is 2.21 bits per heavy atom. The van der Waals surface area contributed by atoms with Crippen LogP contribution >= 0.6 is 0 Å². The van der Waals surface area contributed by atoms with E-state index in [-0.39, 0.29) is 5.56 Å². The lowest BCUT2D eigenvalue weighted by Crippen LogP contribution is -2.35. The molecule has 0 aliphatic carbocycles. The van der Waals surface area contributed by atoms with E-state index in [1.54, 1.807) is 0 Å². The molecule has 2 rings (SSSR count). The van der Waals surface area contributed by atoms with Gasteiger partial charge in [-0.25, -0.2) is 4.98 Å². The minimum Gasteiger partial charge on any atom is -0.367 e. The van der Waals surface area contributed by atoms with E-state index in [2.05, 4.69) is 20.6 Å². The second-order valence-corrected chi connectivity index (χ2v) is 3.46. The Hall–Kier alpha value is -1.36. The van der Waals surface area contributed by atoms with E-state index in [9.17, 15) is 4.79 Å². The van der Waals surface area contributed by atoms with E-state index in [0.717, 1.165) is 25.9 Å². The number of rotatable bonds is 2. The number of anilines is 1. The topological polar surface area (TPSA) is 69.8 Å². The molecule has 1 aliphatic heterocycles. The Labute approximate surface area is 82.0 Å². The van der Waals surface area contributed by atoms with Gasteiger partial charge < -0.3 is 15.6 Å². The van der Waals surface area contributed by atoms with E-state index in [1.807, 2.05) is 0 Å². The summed E-state index contributed by atoms with van der Waals surface area (Å²) in [6, 6.07) is 1.92. The van der Waals surface area contributed by atoms with Crippen LogP contribution in [0.5, 0.6) is 0 Å². The molecule has 0 spiro atoms. The van der Waals surface area contributed by atoms with Crippen LogP contribution in [-0.2, 0) is 0 Å². The fourth-order valence-electron chi connectivity index (χ4n) is 1.62. The highest BCUT2D eigenvalue weighted by Gasteiger charge is 2.12. The van der Waals surface area contributed by atoms with E-state index in [0.29, 0.717) is 11.9 Å². The van der Waals surface area contributed by atoms with E-state index in [1.165, 1.54) is 12.4 Å². The van der Waals surface area contributed by atoms with Crippen molar-refractivity contribution in [3.05, 3.63) is 22.7 Å². The van der Waals surface area contributed by atoms with Gasteiger partial charge in [-0.2, -0.15) is 0 Å². The highest BCUT2D eigenvalue weighted by atomic mass is 16.1. The van der Waals surface area contributed by atoms with Gasteiger partial charge in [0.05, 0.1) is 6.33 Å². The smallest absolute Gasteiger partial charge is 0.252 e. The predicted molar refractivity (Wildman–Crippen MR) is 54.4 cm³/mol. The first-order valence-corrected chi connectivity index (χ1v) is 4.86. The number of piperidine rings is 1. The van der Waals surface area contributed by atoms with Crippen molar-refractivity contribution >= 4 is 5.82 Å². The summed E-state index contributed by atoms with van der Waals surface area (Å²) in [5.74, 6) is 0.667. The molecule has 1 aromatic rings. The van der Waals surface area contributed by atoms with Crippen molar-refractivity contribution in [3.63, 3.8) is 0 Å². The summed E-state index contributed by atoms with van der Waals surface area (Å²) in [5.41, 5.74) is -0.114. The minimum atomic E-state index is -0.114. The third-order valence-electron chi connectivity index (χ3n) is 2.37. The Morgan fingerprint density at radius 3 is 2.93 bits per heavy atom. The third kappa shape index (κ3) is 2.32.